The lowest BCUT2D eigenvalue weighted by molar-refractivity contribution is 0.696. The average molecular weight is 529 g/mol. The third-order valence-corrected chi connectivity index (χ3v) is 13.4. The molecule has 0 amide bonds. The van der Waals surface area contributed by atoms with Gasteiger partial charge in [0.1, 0.15) is 0 Å². The zero-order valence-electron chi connectivity index (χ0n) is 24.5. The SMILES string of the molecule is CCCCCCP(CCCCCC)c1ccc2ccccc2c1P(CCCCCC)CCCCCC. The molecule has 0 saturated heterocycles. The van der Waals surface area contributed by atoms with Crippen LogP contribution in [0.3, 0.4) is 0 Å². The Morgan fingerprint density at radius 3 is 1.36 bits per heavy atom. The van der Waals surface area contributed by atoms with E-state index in [2.05, 4.69) is 64.1 Å². The van der Waals surface area contributed by atoms with Crippen LogP contribution in [0.4, 0.5) is 0 Å². The Hall–Kier alpha value is -0.440. The Bertz CT molecular complexity index is 775. The molecule has 0 atom stereocenters. The van der Waals surface area contributed by atoms with Crippen molar-refractivity contribution in [1.82, 2.24) is 0 Å². The first kappa shape index (κ1) is 31.8. The van der Waals surface area contributed by atoms with E-state index in [1.165, 1.54) is 133 Å². The van der Waals surface area contributed by atoms with E-state index in [-0.39, 0.29) is 15.8 Å². The molecule has 0 saturated carbocycles. The van der Waals surface area contributed by atoms with Gasteiger partial charge in [0.15, 0.2) is 0 Å². The normalized spacial score (nSPS) is 11.8. The van der Waals surface area contributed by atoms with Crippen molar-refractivity contribution >= 4 is 37.2 Å². The molecule has 0 heterocycles. The third-order valence-electron chi connectivity index (χ3n) is 7.66. The van der Waals surface area contributed by atoms with Gasteiger partial charge in [-0.15, -0.1) is 0 Å². The van der Waals surface area contributed by atoms with Crippen molar-refractivity contribution in [2.24, 2.45) is 0 Å². The lowest BCUT2D eigenvalue weighted by Crippen LogP contribution is -2.26. The smallest absolute Gasteiger partial charge is 0.00857 e. The van der Waals surface area contributed by atoms with E-state index >= 15 is 0 Å². The van der Waals surface area contributed by atoms with E-state index in [0.29, 0.717) is 0 Å². The Labute approximate surface area is 228 Å². The number of rotatable bonds is 22. The van der Waals surface area contributed by atoms with Crippen molar-refractivity contribution in [2.45, 2.75) is 130 Å². The van der Waals surface area contributed by atoms with Gasteiger partial charge in [-0.1, -0.05) is 157 Å². The summed E-state index contributed by atoms with van der Waals surface area (Å²) < 4.78 is 0. The van der Waals surface area contributed by atoms with Crippen LogP contribution < -0.4 is 10.6 Å². The highest BCUT2D eigenvalue weighted by atomic mass is 31.1. The third kappa shape index (κ3) is 11.5. The predicted molar refractivity (Wildman–Crippen MR) is 173 cm³/mol. The van der Waals surface area contributed by atoms with Gasteiger partial charge >= 0.3 is 0 Å². The molecule has 0 bridgehead atoms. The van der Waals surface area contributed by atoms with E-state index in [4.69, 9.17) is 0 Å². The van der Waals surface area contributed by atoms with Crippen molar-refractivity contribution in [1.29, 1.82) is 0 Å². The number of benzene rings is 2. The molecule has 36 heavy (non-hydrogen) atoms. The zero-order chi connectivity index (χ0) is 25.8. The van der Waals surface area contributed by atoms with Gasteiger partial charge in [-0.05, 0) is 71.7 Å². The van der Waals surface area contributed by atoms with Crippen molar-refractivity contribution in [3.63, 3.8) is 0 Å². The molecule has 0 spiro atoms. The molecular weight excluding hydrogens is 470 g/mol. The lowest BCUT2D eigenvalue weighted by atomic mass is 10.1. The molecule has 0 nitrogen and oxygen atoms in total. The highest BCUT2D eigenvalue weighted by Crippen LogP contribution is 2.45. The maximum atomic E-state index is 2.62. The average Bonchev–Trinajstić information content (AvgIpc) is 2.91. The fraction of sp³-hybridized carbons (Fsp3) is 0.706. The summed E-state index contributed by atoms with van der Waals surface area (Å²) in [6, 6.07) is 14.5. The van der Waals surface area contributed by atoms with Gasteiger partial charge in [0.05, 0.1) is 0 Å². The number of fused-ring (bicyclic) bond motifs is 1. The minimum atomic E-state index is -0.0692. The molecule has 0 aliphatic carbocycles. The van der Waals surface area contributed by atoms with Crippen molar-refractivity contribution < 1.29 is 0 Å². The summed E-state index contributed by atoms with van der Waals surface area (Å²) in [6.45, 7) is 9.39. The minimum absolute atomic E-state index is 0.0426. The maximum absolute atomic E-state index is 2.62. The van der Waals surface area contributed by atoms with E-state index in [9.17, 15) is 0 Å². The number of hydrogen-bond donors (Lipinski definition) is 0. The van der Waals surface area contributed by atoms with Crippen LogP contribution in [-0.2, 0) is 0 Å². The second kappa shape index (κ2) is 20.5. The van der Waals surface area contributed by atoms with Crippen LogP contribution in [0.5, 0.6) is 0 Å². The van der Waals surface area contributed by atoms with Gasteiger partial charge in [0.25, 0.3) is 0 Å². The van der Waals surface area contributed by atoms with Crippen molar-refractivity contribution in [2.75, 3.05) is 24.6 Å². The lowest BCUT2D eigenvalue weighted by Gasteiger charge is -2.28. The van der Waals surface area contributed by atoms with Crippen LogP contribution in [0.25, 0.3) is 10.8 Å². The molecule has 2 aromatic rings. The second-order valence-electron chi connectivity index (χ2n) is 10.9. The Balaban J connectivity index is 2.41. The quantitative estimate of drug-likeness (QED) is 0.105. The van der Waals surface area contributed by atoms with Crippen LogP contribution in [0, 0.1) is 0 Å². The summed E-state index contributed by atoms with van der Waals surface area (Å²) in [5.41, 5.74) is 0. The molecule has 2 heteroatoms. The Morgan fingerprint density at radius 2 is 0.889 bits per heavy atom. The highest BCUT2D eigenvalue weighted by molar-refractivity contribution is 7.72. The summed E-state index contributed by atoms with van der Waals surface area (Å²) in [5, 5.41) is 6.78. The van der Waals surface area contributed by atoms with Gasteiger partial charge < -0.3 is 0 Å². The van der Waals surface area contributed by atoms with Crippen LogP contribution in [0.2, 0.25) is 0 Å². The summed E-state index contributed by atoms with van der Waals surface area (Å²) >= 11 is 0. The fourth-order valence-electron chi connectivity index (χ4n) is 5.44. The first-order chi connectivity index (χ1) is 17.8. The van der Waals surface area contributed by atoms with Crippen LogP contribution >= 0.6 is 15.8 Å². The van der Waals surface area contributed by atoms with Crippen LogP contribution in [-0.4, -0.2) is 24.6 Å². The largest absolute Gasteiger partial charge is 0.0746 e. The summed E-state index contributed by atoms with van der Waals surface area (Å²) in [4.78, 5) is 0. The molecule has 0 N–H and O–H groups in total. The maximum Gasteiger partial charge on any atom is -0.00857 e. The highest BCUT2D eigenvalue weighted by Gasteiger charge is 2.22. The summed E-state index contributed by atoms with van der Waals surface area (Å²) in [6.07, 6.45) is 28.3. The standard InChI is InChI=1S/C34H58P2/c1-5-9-13-19-27-35(28-20-14-10-6-2)33-26-25-31-23-17-18-24-32(31)34(33)36(29-21-15-11-7-3)30-22-16-12-8-4/h17-18,23-26H,5-16,19-22,27-30H2,1-4H3. The predicted octanol–water partition coefficient (Wildman–Crippen LogP) is 11.4. The second-order valence-corrected chi connectivity index (χ2v) is 15.7. The topological polar surface area (TPSA) is 0 Å². The van der Waals surface area contributed by atoms with Crippen LogP contribution in [0.1, 0.15) is 130 Å². The molecule has 0 aliphatic heterocycles. The van der Waals surface area contributed by atoms with E-state index < -0.39 is 0 Å². The van der Waals surface area contributed by atoms with Crippen molar-refractivity contribution in [3.05, 3.63) is 36.4 Å². The Morgan fingerprint density at radius 1 is 0.444 bits per heavy atom. The molecular formula is C34H58P2. The van der Waals surface area contributed by atoms with E-state index in [0.717, 1.165) is 0 Å². The number of unbranched alkanes of at least 4 members (excludes halogenated alkanes) is 12. The van der Waals surface area contributed by atoms with E-state index in [1.54, 1.807) is 5.39 Å². The fourth-order valence-corrected chi connectivity index (χ4v) is 11.7. The summed E-state index contributed by atoms with van der Waals surface area (Å²) in [7, 11) is -0.112. The molecule has 2 aromatic carbocycles. The van der Waals surface area contributed by atoms with Gasteiger partial charge in [0, 0.05) is 0 Å². The molecule has 204 valence electrons. The monoisotopic (exact) mass is 528 g/mol. The van der Waals surface area contributed by atoms with Crippen LogP contribution in [0.15, 0.2) is 36.4 Å². The first-order valence-electron chi connectivity index (χ1n) is 15.8. The van der Waals surface area contributed by atoms with Gasteiger partial charge in [-0.3, -0.25) is 0 Å². The van der Waals surface area contributed by atoms with E-state index in [1.807, 2.05) is 10.6 Å². The summed E-state index contributed by atoms with van der Waals surface area (Å²) in [5.74, 6) is 0. The molecule has 0 aromatic heterocycles. The molecule has 0 fully saturated rings. The van der Waals surface area contributed by atoms with Crippen molar-refractivity contribution in [3.8, 4) is 0 Å². The van der Waals surface area contributed by atoms with Gasteiger partial charge in [-0.25, -0.2) is 0 Å². The Kier molecular flexibility index (Phi) is 18.1. The number of hydrogen-bond acceptors (Lipinski definition) is 0. The molecule has 0 radical (unpaired) electrons. The molecule has 0 aliphatic rings. The molecule has 0 unspecified atom stereocenters. The van der Waals surface area contributed by atoms with Gasteiger partial charge in [0.2, 0.25) is 0 Å². The first-order valence-corrected chi connectivity index (χ1v) is 19.2. The minimum Gasteiger partial charge on any atom is -0.0746 e. The molecule has 2 rings (SSSR count). The van der Waals surface area contributed by atoms with Gasteiger partial charge in [-0.2, -0.15) is 0 Å². The zero-order valence-corrected chi connectivity index (χ0v) is 26.3.